The quantitative estimate of drug-likeness (QED) is 0.674. The second kappa shape index (κ2) is 3.54. The first-order chi connectivity index (χ1) is 6.63. The van der Waals surface area contributed by atoms with E-state index in [1.165, 1.54) is 12.8 Å². The molecular formula is C11H20N2O. The summed E-state index contributed by atoms with van der Waals surface area (Å²) in [6.07, 6.45) is 2.39. The highest BCUT2D eigenvalue weighted by atomic mass is 16.2. The van der Waals surface area contributed by atoms with Gasteiger partial charge in [-0.25, -0.2) is 0 Å². The van der Waals surface area contributed by atoms with E-state index in [0.29, 0.717) is 11.3 Å². The third-order valence-electron chi connectivity index (χ3n) is 3.63. The first-order valence-corrected chi connectivity index (χ1v) is 5.62. The maximum atomic E-state index is 11.7. The number of likely N-dealkylation sites (tertiary alicyclic amines) is 1. The van der Waals surface area contributed by atoms with Crippen LogP contribution in [0.15, 0.2) is 0 Å². The Hall–Kier alpha value is -0.570. The van der Waals surface area contributed by atoms with Gasteiger partial charge in [-0.1, -0.05) is 13.8 Å². The van der Waals surface area contributed by atoms with Crippen LogP contribution in [0.2, 0.25) is 0 Å². The van der Waals surface area contributed by atoms with Crippen molar-refractivity contribution in [1.29, 1.82) is 0 Å². The Labute approximate surface area is 85.8 Å². The average Bonchev–Trinajstić information content (AvgIpc) is 2.14. The number of piperidine rings is 1. The highest BCUT2D eigenvalue weighted by molar-refractivity contribution is 5.78. The molecule has 14 heavy (non-hydrogen) atoms. The van der Waals surface area contributed by atoms with E-state index >= 15 is 0 Å². The molecule has 3 heteroatoms. The van der Waals surface area contributed by atoms with Gasteiger partial charge in [-0.3, -0.25) is 4.79 Å². The molecule has 0 aromatic carbocycles. The lowest BCUT2D eigenvalue weighted by Crippen LogP contribution is -2.59. The van der Waals surface area contributed by atoms with Crippen LogP contribution in [0, 0.1) is 11.3 Å². The Morgan fingerprint density at radius 2 is 1.86 bits per heavy atom. The normalized spacial score (nSPS) is 25.2. The second-order valence-electron chi connectivity index (χ2n) is 5.08. The summed E-state index contributed by atoms with van der Waals surface area (Å²) < 4.78 is 0. The van der Waals surface area contributed by atoms with Gasteiger partial charge in [-0.15, -0.1) is 0 Å². The molecule has 2 aliphatic heterocycles. The van der Waals surface area contributed by atoms with E-state index < -0.39 is 0 Å². The fourth-order valence-corrected chi connectivity index (χ4v) is 2.40. The zero-order chi connectivity index (χ0) is 10.2. The maximum absolute atomic E-state index is 11.7. The van der Waals surface area contributed by atoms with Crippen molar-refractivity contribution in [3.05, 3.63) is 0 Å². The minimum Gasteiger partial charge on any atom is -0.342 e. The molecule has 0 aliphatic carbocycles. The molecule has 0 bridgehead atoms. The number of hydrogen-bond donors (Lipinski definition) is 1. The molecular weight excluding hydrogens is 176 g/mol. The molecule has 1 N–H and O–H groups in total. The molecule has 2 heterocycles. The van der Waals surface area contributed by atoms with Crippen molar-refractivity contribution < 1.29 is 4.79 Å². The first kappa shape index (κ1) is 9.97. The van der Waals surface area contributed by atoms with Crippen LogP contribution in [0.4, 0.5) is 0 Å². The van der Waals surface area contributed by atoms with E-state index in [0.717, 1.165) is 26.2 Å². The van der Waals surface area contributed by atoms with Gasteiger partial charge in [0.05, 0.1) is 0 Å². The number of hydrogen-bond acceptors (Lipinski definition) is 2. The van der Waals surface area contributed by atoms with Gasteiger partial charge in [0.2, 0.25) is 5.91 Å². The summed E-state index contributed by atoms with van der Waals surface area (Å²) in [5.74, 6) is 0.482. The molecule has 2 rings (SSSR count). The van der Waals surface area contributed by atoms with Gasteiger partial charge in [0, 0.05) is 32.1 Å². The van der Waals surface area contributed by atoms with Gasteiger partial charge in [0.1, 0.15) is 0 Å². The van der Waals surface area contributed by atoms with Crippen molar-refractivity contribution >= 4 is 5.91 Å². The fourth-order valence-electron chi connectivity index (χ4n) is 2.40. The Morgan fingerprint density at radius 1 is 1.29 bits per heavy atom. The van der Waals surface area contributed by atoms with Gasteiger partial charge in [-0.2, -0.15) is 0 Å². The van der Waals surface area contributed by atoms with Gasteiger partial charge in [0.15, 0.2) is 0 Å². The lowest BCUT2D eigenvalue weighted by atomic mass is 9.73. The molecule has 0 radical (unpaired) electrons. The second-order valence-corrected chi connectivity index (χ2v) is 5.08. The lowest BCUT2D eigenvalue weighted by Gasteiger charge is -2.48. The number of rotatable bonds is 1. The van der Waals surface area contributed by atoms with Crippen LogP contribution in [-0.2, 0) is 4.79 Å². The molecule has 3 nitrogen and oxygen atoms in total. The first-order valence-electron chi connectivity index (χ1n) is 5.62. The van der Waals surface area contributed by atoms with E-state index in [1.54, 1.807) is 0 Å². The molecule has 0 atom stereocenters. The van der Waals surface area contributed by atoms with Gasteiger partial charge in [-0.05, 0) is 18.3 Å². The SMILES string of the molecule is CC(C)C(=O)N1CCC2(CC1)CNC2. The van der Waals surface area contributed by atoms with Crippen molar-refractivity contribution in [2.45, 2.75) is 26.7 Å². The molecule has 0 aromatic heterocycles. The number of nitrogens with one attached hydrogen (secondary N) is 1. The summed E-state index contributed by atoms with van der Waals surface area (Å²) in [5.41, 5.74) is 0.549. The van der Waals surface area contributed by atoms with Crippen molar-refractivity contribution in [3.63, 3.8) is 0 Å². The number of nitrogens with zero attached hydrogens (tertiary/aromatic N) is 1. The summed E-state index contributed by atoms with van der Waals surface area (Å²) in [4.78, 5) is 13.8. The zero-order valence-electron chi connectivity index (χ0n) is 9.18. The Bertz CT molecular complexity index is 223. The van der Waals surface area contributed by atoms with Crippen molar-refractivity contribution in [2.75, 3.05) is 26.2 Å². The van der Waals surface area contributed by atoms with Crippen LogP contribution >= 0.6 is 0 Å². The van der Waals surface area contributed by atoms with Crippen LogP contribution in [0.25, 0.3) is 0 Å². The minimum absolute atomic E-state index is 0.156. The molecule has 1 spiro atoms. The topological polar surface area (TPSA) is 32.3 Å². The predicted octanol–water partition coefficient (Wildman–Crippen LogP) is 0.854. The van der Waals surface area contributed by atoms with Gasteiger partial charge < -0.3 is 10.2 Å². The number of carbonyl (C=O) groups is 1. The number of carbonyl (C=O) groups excluding carboxylic acids is 1. The predicted molar refractivity (Wildman–Crippen MR) is 56.0 cm³/mol. The zero-order valence-corrected chi connectivity index (χ0v) is 9.18. The molecule has 2 aliphatic rings. The van der Waals surface area contributed by atoms with Gasteiger partial charge >= 0.3 is 0 Å². The van der Waals surface area contributed by atoms with E-state index in [2.05, 4.69) is 5.32 Å². The summed E-state index contributed by atoms with van der Waals surface area (Å²) >= 11 is 0. The van der Waals surface area contributed by atoms with E-state index in [1.807, 2.05) is 18.7 Å². The fraction of sp³-hybridized carbons (Fsp3) is 0.909. The average molecular weight is 196 g/mol. The van der Waals surface area contributed by atoms with Crippen molar-refractivity contribution in [2.24, 2.45) is 11.3 Å². The summed E-state index contributed by atoms with van der Waals surface area (Å²) in [6, 6.07) is 0. The summed E-state index contributed by atoms with van der Waals surface area (Å²) in [5, 5.41) is 3.34. The maximum Gasteiger partial charge on any atom is 0.225 e. The van der Waals surface area contributed by atoms with Crippen LogP contribution < -0.4 is 5.32 Å². The summed E-state index contributed by atoms with van der Waals surface area (Å²) in [7, 11) is 0. The largest absolute Gasteiger partial charge is 0.342 e. The molecule has 2 fully saturated rings. The third-order valence-corrected chi connectivity index (χ3v) is 3.63. The minimum atomic E-state index is 0.156. The molecule has 1 amide bonds. The molecule has 0 unspecified atom stereocenters. The standard InChI is InChI=1S/C11H20N2O/c1-9(2)10(14)13-5-3-11(4-6-13)7-12-8-11/h9,12H,3-8H2,1-2H3. The van der Waals surface area contributed by atoms with Crippen LogP contribution in [0.5, 0.6) is 0 Å². The highest BCUT2D eigenvalue weighted by Gasteiger charge is 2.40. The number of amides is 1. The van der Waals surface area contributed by atoms with Crippen LogP contribution in [0.1, 0.15) is 26.7 Å². The monoisotopic (exact) mass is 196 g/mol. The third kappa shape index (κ3) is 1.65. The molecule has 0 saturated carbocycles. The highest BCUT2D eigenvalue weighted by Crippen LogP contribution is 2.35. The van der Waals surface area contributed by atoms with Crippen LogP contribution in [0.3, 0.4) is 0 Å². The lowest BCUT2D eigenvalue weighted by molar-refractivity contribution is -0.137. The molecule has 0 aromatic rings. The Morgan fingerprint density at radius 3 is 2.21 bits per heavy atom. The Kier molecular flexibility index (Phi) is 2.52. The van der Waals surface area contributed by atoms with E-state index in [4.69, 9.17) is 0 Å². The van der Waals surface area contributed by atoms with E-state index in [-0.39, 0.29) is 5.92 Å². The summed E-state index contributed by atoms with van der Waals surface area (Å²) in [6.45, 7) is 8.24. The van der Waals surface area contributed by atoms with Crippen molar-refractivity contribution in [3.8, 4) is 0 Å². The van der Waals surface area contributed by atoms with E-state index in [9.17, 15) is 4.79 Å². The van der Waals surface area contributed by atoms with Gasteiger partial charge in [0.25, 0.3) is 0 Å². The Balaban J connectivity index is 1.86. The molecule has 80 valence electrons. The smallest absolute Gasteiger partial charge is 0.225 e. The molecule has 2 saturated heterocycles. The van der Waals surface area contributed by atoms with Crippen molar-refractivity contribution in [1.82, 2.24) is 10.2 Å². The van der Waals surface area contributed by atoms with Crippen LogP contribution in [-0.4, -0.2) is 37.0 Å².